The molecule has 0 aromatic heterocycles. The minimum Gasteiger partial charge on any atom is -0.493 e. The molecule has 1 rings (SSSR count). The molecule has 0 aliphatic carbocycles. The predicted octanol–water partition coefficient (Wildman–Crippen LogP) is 1.51. The number of oxime groups is 1. The smallest absolute Gasteiger partial charge is 0.161 e. The Morgan fingerprint density at radius 3 is 2.46 bits per heavy atom. The number of benzene rings is 1. The number of nitrogens with zero attached hydrogens (tertiary/aromatic N) is 1. The first-order chi connectivity index (χ1) is 6.31. The van der Waals surface area contributed by atoms with Gasteiger partial charge in [0.15, 0.2) is 11.5 Å². The summed E-state index contributed by atoms with van der Waals surface area (Å²) < 4.78 is 10.1. The Hall–Kier alpha value is -1.71. The summed E-state index contributed by atoms with van der Waals surface area (Å²) >= 11 is 0. The Labute approximate surface area is 76.4 Å². The van der Waals surface area contributed by atoms with E-state index in [1.54, 1.807) is 32.4 Å². The highest BCUT2D eigenvalue weighted by Crippen LogP contribution is 2.26. The van der Waals surface area contributed by atoms with Gasteiger partial charge in [-0.15, -0.1) is 0 Å². The molecule has 1 aromatic rings. The highest BCUT2D eigenvalue weighted by molar-refractivity contribution is 5.80. The lowest BCUT2D eigenvalue weighted by Crippen LogP contribution is -1.91. The van der Waals surface area contributed by atoms with Gasteiger partial charge in [-0.2, -0.15) is 0 Å². The summed E-state index contributed by atoms with van der Waals surface area (Å²) in [5, 5.41) is 11.2. The van der Waals surface area contributed by atoms with Crippen LogP contribution in [0.5, 0.6) is 11.5 Å². The molecule has 0 saturated heterocycles. The van der Waals surface area contributed by atoms with Crippen LogP contribution in [0.2, 0.25) is 0 Å². The number of hydrogen-bond acceptors (Lipinski definition) is 4. The van der Waals surface area contributed by atoms with Crippen molar-refractivity contribution >= 4 is 6.21 Å². The molecule has 1 aromatic carbocycles. The standard InChI is InChI=1S/C9H11NO3/c1-12-8-4-3-7(6-10-11)5-9(8)13-2/h3-6,11H,1-2H3/b10-6-. The van der Waals surface area contributed by atoms with Crippen LogP contribution in [0.3, 0.4) is 0 Å². The molecule has 0 aliphatic heterocycles. The highest BCUT2D eigenvalue weighted by Gasteiger charge is 2.02. The summed E-state index contributed by atoms with van der Waals surface area (Å²) in [6.07, 6.45) is 1.32. The van der Waals surface area contributed by atoms with E-state index in [4.69, 9.17) is 14.7 Å². The third kappa shape index (κ3) is 2.11. The van der Waals surface area contributed by atoms with Crippen molar-refractivity contribution < 1.29 is 14.7 Å². The number of rotatable bonds is 3. The molecule has 1 N–H and O–H groups in total. The minimum atomic E-state index is 0.611. The summed E-state index contributed by atoms with van der Waals surface area (Å²) in [6, 6.07) is 5.23. The first-order valence-electron chi connectivity index (χ1n) is 3.71. The van der Waals surface area contributed by atoms with Gasteiger partial charge in [0.1, 0.15) is 0 Å². The van der Waals surface area contributed by atoms with E-state index in [9.17, 15) is 0 Å². The molecule has 4 heteroatoms. The molecular formula is C9H11NO3. The van der Waals surface area contributed by atoms with Crippen LogP contribution in [0.1, 0.15) is 5.56 Å². The monoisotopic (exact) mass is 181 g/mol. The van der Waals surface area contributed by atoms with Gasteiger partial charge < -0.3 is 14.7 Å². The number of ether oxygens (including phenoxy) is 2. The Balaban J connectivity index is 3.05. The molecule has 70 valence electrons. The molecular weight excluding hydrogens is 170 g/mol. The first-order valence-corrected chi connectivity index (χ1v) is 3.71. The van der Waals surface area contributed by atoms with Crippen LogP contribution in [0.4, 0.5) is 0 Å². The molecule has 13 heavy (non-hydrogen) atoms. The Bertz CT molecular complexity index is 310. The van der Waals surface area contributed by atoms with E-state index in [-0.39, 0.29) is 0 Å². The van der Waals surface area contributed by atoms with Crippen molar-refractivity contribution in [3.05, 3.63) is 23.8 Å². The Morgan fingerprint density at radius 2 is 1.92 bits per heavy atom. The normalized spacial score (nSPS) is 10.3. The van der Waals surface area contributed by atoms with Gasteiger partial charge >= 0.3 is 0 Å². The average molecular weight is 181 g/mol. The van der Waals surface area contributed by atoms with E-state index in [1.807, 2.05) is 0 Å². The SMILES string of the molecule is COc1ccc(/C=N\O)cc1OC. The molecule has 0 saturated carbocycles. The van der Waals surface area contributed by atoms with E-state index in [1.165, 1.54) is 6.21 Å². The number of methoxy groups -OCH3 is 2. The molecule has 0 amide bonds. The van der Waals surface area contributed by atoms with E-state index in [0.717, 1.165) is 5.56 Å². The van der Waals surface area contributed by atoms with Crippen LogP contribution in [0.25, 0.3) is 0 Å². The zero-order chi connectivity index (χ0) is 9.68. The lowest BCUT2D eigenvalue weighted by Gasteiger charge is -2.06. The predicted molar refractivity (Wildman–Crippen MR) is 48.9 cm³/mol. The number of hydrogen-bond donors (Lipinski definition) is 1. The van der Waals surface area contributed by atoms with Crippen molar-refractivity contribution in [2.75, 3.05) is 14.2 Å². The second-order valence-corrected chi connectivity index (χ2v) is 2.36. The van der Waals surface area contributed by atoms with Gasteiger partial charge in [0.25, 0.3) is 0 Å². The molecule has 0 spiro atoms. The van der Waals surface area contributed by atoms with Crippen LogP contribution in [0.15, 0.2) is 23.4 Å². The molecule has 0 atom stereocenters. The van der Waals surface area contributed by atoms with Crippen molar-refractivity contribution in [2.45, 2.75) is 0 Å². The second kappa shape index (κ2) is 4.35. The molecule has 0 aliphatic rings. The maximum atomic E-state index is 8.31. The maximum Gasteiger partial charge on any atom is 0.161 e. The largest absolute Gasteiger partial charge is 0.493 e. The quantitative estimate of drug-likeness (QED) is 0.437. The Morgan fingerprint density at radius 1 is 1.23 bits per heavy atom. The van der Waals surface area contributed by atoms with Crippen molar-refractivity contribution in [3.8, 4) is 11.5 Å². The maximum absolute atomic E-state index is 8.31. The fraction of sp³-hybridized carbons (Fsp3) is 0.222. The summed E-state index contributed by atoms with van der Waals surface area (Å²) in [4.78, 5) is 0. The van der Waals surface area contributed by atoms with Gasteiger partial charge in [-0.05, 0) is 18.2 Å². The van der Waals surface area contributed by atoms with E-state index >= 15 is 0 Å². The molecule has 0 bridgehead atoms. The summed E-state index contributed by atoms with van der Waals surface area (Å²) in [6.45, 7) is 0. The third-order valence-electron chi connectivity index (χ3n) is 1.61. The minimum absolute atomic E-state index is 0.611. The van der Waals surface area contributed by atoms with Gasteiger partial charge in [-0.25, -0.2) is 0 Å². The van der Waals surface area contributed by atoms with E-state index in [2.05, 4.69) is 5.16 Å². The van der Waals surface area contributed by atoms with Gasteiger partial charge in [0, 0.05) is 5.56 Å². The average Bonchev–Trinajstić information content (AvgIpc) is 2.18. The molecule has 0 heterocycles. The Kier molecular flexibility index (Phi) is 3.14. The summed E-state index contributed by atoms with van der Waals surface area (Å²) in [7, 11) is 3.12. The molecule has 4 nitrogen and oxygen atoms in total. The summed E-state index contributed by atoms with van der Waals surface area (Å²) in [5.74, 6) is 1.26. The van der Waals surface area contributed by atoms with Crippen molar-refractivity contribution in [1.82, 2.24) is 0 Å². The molecule has 0 fully saturated rings. The molecule has 0 radical (unpaired) electrons. The van der Waals surface area contributed by atoms with Crippen LogP contribution in [0, 0.1) is 0 Å². The first kappa shape index (κ1) is 9.38. The third-order valence-corrected chi connectivity index (χ3v) is 1.61. The zero-order valence-electron chi connectivity index (χ0n) is 7.52. The van der Waals surface area contributed by atoms with Crippen LogP contribution in [-0.4, -0.2) is 25.6 Å². The van der Waals surface area contributed by atoms with Crippen molar-refractivity contribution in [2.24, 2.45) is 5.16 Å². The van der Waals surface area contributed by atoms with Gasteiger partial charge in [-0.1, -0.05) is 5.16 Å². The highest BCUT2D eigenvalue weighted by atomic mass is 16.5. The van der Waals surface area contributed by atoms with Crippen LogP contribution >= 0.6 is 0 Å². The topological polar surface area (TPSA) is 51.0 Å². The fourth-order valence-corrected chi connectivity index (χ4v) is 1.000. The second-order valence-electron chi connectivity index (χ2n) is 2.36. The van der Waals surface area contributed by atoms with Crippen LogP contribution in [-0.2, 0) is 0 Å². The van der Waals surface area contributed by atoms with Gasteiger partial charge in [0.2, 0.25) is 0 Å². The molecule has 0 unspecified atom stereocenters. The zero-order valence-corrected chi connectivity index (χ0v) is 7.52. The fourth-order valence-electron chi connectivity index (χ4n) is 1.000. The lowest BCUT2D eigenvalue weighted by molar-refractivity contribution is 0.321. The lowest BCUT2D eigenvalue weighted by atomic mass is 10.2. The van der Waals surface area contributed by atoms with E-state index < -0.39 is 0 Å². The van der Waals surface area contributed by atoms with Gasteiger partial charge in [0.05, 0.1) is 20.4 Å². The van der Waals surface area contributed by atoms with Crippen LogP contribution < -0.4 is 9.47 Å². The summed E-state index contributed by atoms with van der Waals surface area (Å²) in [5.41, 5.74) is 0.750. The van der Waals surface area contributed by atoms with Crippen molar-refractivity contribution in [3.63, 3.8) is 0 Å². The van der Waals surface area contributed by atoms with Gasteiger partial charge in [-0.3, -0.25) is 0 Å². The van der Waals surface area contributed by atoms with Crippen molar-refractivity contribution in [1.29, 1.82) is 0 Å². The van der Waals surface area contributed by atoms with E-state index in [0.29, 0.717) is 11.5 Å².